The fraction of sp³-hybridized carbons (Fsp3) is 0.412. The van der Waals surface area contributed by atoms with Crippen LogP contribution in [0.2, 0.25) is 0 Å². The molecule has 1 N–H and O–H groups in total. The van der Waals surface area contributed by atoms with Crippen molar-refractivity contribution in [2.24, 2.45) is 5.92 Å². The lowest BCUT2D eigenvalue weighted by Crippen LogP contribution is -2.25. The molecule has 1 aliphatic carbocycles. The minimum atomic E-state index is -0.302. The molecule has 1 aromatic rings. The van der Waals surface area contributed by atoms with Gasteiger partial charge in [0.05, 0.1) is 5.92 Å². The van der Waals surface area contributed by atoms with Gasteiger partial charge in [-0.25, -0.2) is 0 Å². The van der Waals surface area contributed by atoms with Crippen LogP contribution in [0, 0.1) is 19.8 Å². The zero-order chi connectivity index (χ0) is 15.2. The van der Waals surface area contributed by atoms with Crippen LogP contribution in [0.1, 0.15) is 30.4 Å². The first-order valence-electron chi connectivity index (χ1n) is 7.25. The summed E-state index contributed by atoms with van der Waals surface area (Å²) in [7, 11) is 0. The van der Waals surface area contributed by atoms with Crippen LogP contribution < -0.4 is 5.32 Å². The first-order valence-corrected chi connectivity index (χ1v) is 7.25. The van der Waals surface area contributed by atoms with Crippen molar-refractivity contribution in [1.29, 1.82) is 0 Å². The monoisotopic (exact) mass is 287 g/mol. The first-order chi connectivity index (χ1) is 10.1. The van der Waals surface area contributed by atoms with Crippen molar-refractivity contribution in [3.63, 3.8) is 0 Å². The molecule has 1 aromatic carbocycles. The van der Waals surface area contributed by atoms with Crippen molar-refractivity contribution in [1.82, 2.24) is 0 Å². The third-order valence-electron chi connectivity index (χ3n) is 3.62. The van der Waals surface area contributed by atoms with E-state index in [-0.39, 0.29) is 24.4 Å². The first kappa shape index (κ1) is 15.3. The lowest BCUT2D eigenvalue weighted by Gasteiger charge is -2.16. The molecule has 1 aliphatic rings. The van der Waals surface area contributed by atoms with E-state index in [1.807, 2.05) is 38.1 Å². The Hall–Kier alpha value is -2.10. The van der Waals surface area contributed by atoms with Gasteiger partial charge in [-0.05, 0) is 50.3 Å². The maximum Gasteiger partial charge on any atom is 0.309 e. The summed E-state index contributed by atoms with van der Waals surface area (Å²) in [6, 6.07) is 5.84. The van der Waals surface area contributed by atoms with Crippen LogP contribution in [0.3, 0.4) is 0 Å². The van der Waals surface area contributed by atoms with Crippen LogP contribution in [-0.2, 0) is 14.3 Å². The minimum absolute atomic E-state index is 0.108. The number of anilines is 1. The molecular weight excluding hydrogens is 266 g/mol. The standard InChI is InChI=1S/C17H21NO3/c1-12-8-9-13(2)15(10-12)18-16(19)11-21-17(20)14-6-4-3-5-7-14/h3-4,8-10,14H,5-7,11H2,1-2H3,(H,18,19)/t14-/m1/s1. The number of amides is 1. The fourth-order valence-electron chi connectivity index (χ4n) is 2.32. The highest BCUT2D eigenvalue weighted by Gasteiger charge is 2.21. The van der Waals surface area contributed by atoms with Crippen molar-refractivity contribution >= 4 is 17.6 Å². The molecule has 0 unspecified atom stereocenters. The number of benzene rings is 1. The van der Waals surface area contributed by atoms with E-state index in [1.165, 1.54) is 0 Å². The summed E-state index contributed by atoms with van der Waals surface area (Å²) < 4.78 is 5.10. The molecule has 2 rings (SSSR count). The van der Waals surface area contributed by atoms with Gasteiger partial charge in [0.1, 0.15) is 0 Å². The summed E-state index contributed by atoms with van der Waals surface area (Å²) in [4.78, 5) is 23.7. The average Bonchev–Trinajstić information content (AvgIpc) is 2.49. The largest absolute Gasteiger partial charge is 0.455 e. The molecule has 0 fully saturated rings. The van der Waals surface area contributed by atoms with Gasteiger partial charge >= 0.3 is 5.97 Å². The van der Waals surface area contributed by atoms with E-state index in [0.29, 0.717) is 6.42 Å². The Morgan fingerprint density at radius 3 is 2.81 bits per heavy atom. The van der Waals surface area contributed by atoms with Gasteiger partial charge in [0.25, 0.3) is 5.91 Å². The summed E-state index contributed by atoms with van der Waals surface area (Å²) in [6.07, 6.45) is 6.46. The third-order valence-corrected chi connectivity index (χ3v) is 3.62. The number of rotatable bonds is 4. The summed E-state index contributed by atoms with van der Waals surface area (Å²) in [5, 5.41) is 2.78. The molecule has 1 atom stereocenters. The second-order valence-corrected chi connectivity index (χ2v) is 5.46. The molecule has 0 aliphatic heterocycles. The lowest BCUT2D eigenvalue weighted by molar-refractivity contribution is -0.151. The number of nitrogens with one attached hydrogen (secondary N) is 1. The molecule has 21 heavy (non-hydrogen) atoms. The number of esters is 1. The lowest BCUT2D eigenvalue weighted by atomic mass is 9.95. The van der Waals surface area contributed by atoms with Crippen LogP contribution in [-0.4, -0.2) is 18.5 Å². The van der Waals surface area contributed by atoms with Crippen LogP contribution in [0.25, 0.3) is 0 Å². The summed E-state index contributed by atoms with van der Waals surface area (Å²) in [5.74, 6) is -0.692. The Bertz CT molecular complexity index is 563. The number of aryl methyl sites for hydroxylation is 2. The number of hydrogen-bond acceptors (Lipinski definition) is 3. The SMILES string of the molecule is Cc1ccc(C)c(NC(=O)COC(=O)[C@@H]2CC=CCC2)c1. The molecule has 0 heterocycles. The molecule has 0 saturated carbocycles. The minimum Gasteiger partial charge on any atom is -0.455 e. The van der Waals surface area contributed by atoms with Crippen LogP contribution in [0.4, 0.5) is 5.69 Å². The molecule has 1 amide bonds. The van der Waals surface area contributed by atoms with Gasteiger partial charge in [-0.1, -0.05) is 24.3 Å². The zero-order valence-electron chi connectivity index (χ0n) is 12.5. The molecule has 0 bridgehead atoms. The quantitative estimate of drug-likeness (QED) is 0.683. The third kappa shape index (κ3) is 4.45. The second kappa shape index (κ2) is 7.07. The Labute approximate surface area is 125 Å². The van der Waals surface area contributed by atoms with Crippen molar-refractivity contribution < 1.29 is 14.3 Å². The Morgan fingerprint density at radius 1 is 1.29 bits per heavy atom. The molecule has 0 saturated heterocycles. The predicted octanol–water partition coefficient (Wildman–Crippen LogP) is 3.14. The maximum absolute atomic E-state index is 11.9. The summed E-state index contributed by atoms with van der Waals surface area (Å²) >= 11 is 0. The summed E-state index contributed by atoms with van der Waals surface area (Å²) in [6.45, 7) is 3.66. The van der Waals surface area contributed by atoms with E-state index in [4.69, 9.17) is 4.74 Å². The molecule has 112 valence electrons. The van der Waals surface area contributed by atoms with Gasteiger partial charge in [-0.2, -0.15) is 0 Å². The molecule has 4 nitrogen and oxygen atoms in total. The Balaban J connectivity index is 1.83. The number of hydrogen-bond donors (Lipinski definition) is 1. The zero-order valence-corrected chi connectivity index (χ0v) is 12.5. The van der Waals surface area contributed by atoms with Crippen LogP contribution in [0.5, 0.6) is 0 Å². The van der Waals surface area contributed by atoms with E-state index in [9.17, 15) is 9.59 Å². The average molecular weight is 287 g/mol. The number of carbonyl (C=O) groups excluding carboxylic acids is 2. The fourth-order valence-corrected chi connectivity index (χ4v) is 2.32. The molecule has 0 radical (unpaired) electrons. The normalized spacial score (nSPS) is 17.3. The number of ether oxygens (including phenoxy) is 1. The van der Waals surface area contributed by atoms with Gasteiger partial charge in [0, 0.05) is 5.69 Å². The topological polar surface area (TPSA) is 55.4 Å². The van der Waals surface area contributed by atoms with Crippen molar-refractivity contribution in [2.45, 2.75) is 33.1 Å². The summed E-state index contributed by atoms with van der Waals surface area (Å²) in [5.41, 5.74) is 2.82. The molecular formula is C17H21NO3. The highest BCUT2D eigenvalue weighted by Crippen LogP contribution is 2.19. The highest BCUT2D eigenvalue weighted by atomic mass is 16.5. The van der Waals surface area contributed by atoms with E-state index in [2.05, 4.69) is 11.4 Å². The van der Waals surface area contributed by atoms with Crippen LogP contribution >= 0.6 is 0 Å². The highest BCUT2D eigenvalue weighted by molar-refractivity contribution is 5.93. The number of carbonyl (C=O) groups is 2. The van der Waals surface area contributed by atoms with E-state index in [0.717, 1.165) is 29.7 Å². The Morgan fingerprint density at radius 2 is 2.10 bits per heavy atom. The second-order valence-electron chi connectivity index (χ2n) is 5.46. The van der Waals surface area contributed by atoms with Gasteiger partial charge in [0.15, 0.2) is 6.61 Å². The van der Waals surface area contributed by atoms with Crippen molar-refractivity contribution in [2.75, 3.05) is 11.9 Å². The number of allylic oxidation sites excluding steroid dienone is 2. The smallest absolute Gasteiger partial charge is 0.309 e. The van der Waals surface area contributed by atoms with Crippen LogP contribution in [0.15, 0.2) is 30.4 Å². The van der Waals surface area contributed by atoms with E-state index >= 15 is 0 Å². The molecule has 4 heteroatoms. The molecule has 0 spiro atoms. The van der Waals surface area contributed by atoms with Crippen molar-refractivity contribution in [3.05, 3.63) is 41.5 Å². The van der Waals surface area contributed by atoms with Gasteiger partial charge in [0.2, 0.25) is 0 Å². The van der Waals surface area contributed by atoms with E-state index < -0.39 is 0 Å². The Kier molecular flexibility index (Phi) is 5.14. The van der Waals surface area contributed by atoms with Crippen molar-refractivity contribution in [3.8, 4) is 0 Å². The van der Waals surface area contributed by atoms with Gasteiger partial charge < -0.3 is 10.1 Å². The maximum atomic E-state index is 11.9. The van der Waals surface area contributed by atoms with Gasteiger partial charge in [-0.3, -0.25) is 9.59 Å². The predicted molar refractivity (Wildman–Crippen MR) is 82.0 cm³/mol. The molecule has 0 aromatic heterocycles. The van der Waals surface area contributed by atoms with E-state index in [1.54, 1.807) is 0 Å². The van der Waals surface area contributed by atoms with Gasteiger partial charge in [-0.15, -0.1) is 0 Å².